The lowest BCUT2D eigenvalue weighted by Crippen LogP contribution is -2.65. The third-order valence-corrected chi connectivity index (χ3v) is 6.31. The number of thioether (sulfide) groups is 1. The molecule has 134 valence electrons. The summed E-state index contributed by atoms with van der Waals surface area (Å²) in [6, 6.07) is 7.86. The van der Waals surface area contributed by atoms with Crippen LogP contribution in [0.15, 0.2) is 29.4 Å². The lowest BCUT2D eigenvalue weighted by Gasteiger charge is -2.38. The normalized spacial score (nSPS) is 22.2. The van der Waals surface area contributed by atoms with E-state index >= 15 is 0 Å². The number of nitrogens with zero attached hydrogens (tertiary/aromatic N) is 3. The van der Waals surface area contributed by atoms with Gasteiger partial charge in [-0.2, -0.15) is 9.28 Å². The van der Waals surface area contributed by atoms with Crippen LogP contribution in [0.5, 0.6) is 0 Å². The van der Waals surface area contributed by atoms with Crippen molar-refractivity contribution in [2.75, 3.05) is 19.4 Å². The molecule has 1 aromatic heterocycles. The van der Waals surface area contributed by atoms with E-state index in [0.717, 1.165) is 29.0 Å². The van der Waals surface area contributed by atoms with E-state index in [9.17, 15) is 9.59 Å². The van der Waals surface area contributed by atoms with E-state index in [1.807, 2.05) is 49.7 Å². The average molecular weight is 362 g/mol. The summed E-state index contributed by atoms with van der Waals surface area (Å²) >= 11 is 1.37. The van der Waals surface area contributed by atoms with Crippen LogP contribution in [0.4, 0.5) is 4.79 Å². The molecule has 0 saturated carbocycles. The minimum atomic E-state index is -0.460. The van der Waals surface area contributed by atoms with Crippen LogP contribution in [0.3, 0.4) is 0 Å². The Labute approximate surface area is 151 Å². The molecule has 1 unspecified atom stereocenters. The molecule has 2 heterocycles. The number of para-hydroxylation sites is 2. The van der Waals surface area contributed by atoms with E-state index in [1.165, 1.54) is 18.9 Å². The van der Waals surface area contributed by atoms with Gasteiger partial charge in [-0.1, -0.05) is 23.9 Å². The van der Waals surface area contributed by atoms with Crippen molar-refractivity contribution in [1.29, 1.82) is 0 Å². The lowest BCUT2D eigenvalue weighted by atomic mass is 10.00. The standard InChI is InChI=1S/C18H24N3O3S/c1-18(2)10-7-11-21(18,17(23)24-4)15(22)12-25-16-19-13-8-5-6-9-14(13)20(16)3/h5-6,8-9H,7,10-12H2,1-4H3/q+1. The Kier molecular flexibility index (Phi) is 4.64. The van der Waals surface area contributed by atoms with Gasteiger partial charge in [0, 0.05) is 19.9 Å². The molecule has 1 atom stereocenters. The maximum Gasteiger partial charge on any atom is 0.523 e. The first-order valence-electron chi connectivity index (χ1n) is 8.38. The maximum absolute atomic E-state index is 13.1. The average Bonchev–Trinajstić information content (AvgIpc) is 3.09. The summed E-state index contributed by atoms with van der Waals surface area (Å²) < 4.78 is 6.74. The lowest BCUT2D eigenvalue weighted by molar-refractivity contribution is -0.818. The van der Waals surface area contributed by atoms with Crippen LogP contribution in [0, 0.1) is 0 Å². The number of carbonyl (C=O) groups excluding carboxylic acids is 2. The summed E-state index contributed by atoms with van der Waals surface area (Å²) in [5, 5.41) is 0.773. The monoisotopic (exact) mass is 362 g/mol. The second kappa shape index (κ2) is 6.46. The second-order valence-corrected chi connectivity index (χ2v) is 7.99. The molecule has 1 aliphatic heterocycles. The van der Waals surface area contributed by atoms with Gasteiger partial charge in [0.15, 0.2) is 5.16 Å². The van der Waals surface area contributed by atoms with Crippen LogP contribution < -0.4 is 0 Å². The van der Waals surface area contributed by atoms with Gasteiger partial charge < -0.3 is 9.30 Å². The predicted molar refractivity (Wildman–Crippen MR) is 97.3 cm³/mol. The van der Waals surface area contributed by atoms with Crippen LogP contribution in [0.25, 0.3) is 11.0 Å². The Hall–Kier alpha value is -1.86. The van der Waals surface area contributed by atoms with Crippen LogP contribution in [-0.2, 0) is 16.6 Å². The molecule has 1 aromatic carbocycles. The molecule has 1 fully saturated rings. The molecule has 1 saturated heterocycles. The SMILES string of the molecule is COC(=O)[N+]1(C(=O)CSc2nc3ccccc3n2C)CCCC1(C)C. The molecule has 2 aromatic rings. The third-order valence-electron chi connectivity index (χ3n) is 5.30. The highest BCUT2D eigenvalue weighted by molar-refractivity contribution is 7.99. The molecule has 0 aliphatic carbocycles. The number of rotatable bonds is 3. The van der Waals surface area contributed by atoms with E-state index in [0.29, 0.717) is 6.54 Å². The summed E-state index contributed by atoms with van der Waals surface area (Å²) in [5.74, 6) is 0.0711. The number of amides is 2. The van der Waals surface area contributed by atoms with Crippen molar-refractivity contribution in [2.45, 2.75) is 37.4 Å². The minimum absolute atomic E-state index is 0.119. The van der Waals surface area contributed by atoms with Crippen LogP contribution in [0.2, 0.25) is 0 Å². The van der Waals surface area contributed by atoms with Gasteiger partial charge in [0.2, 0.25) is 0 Å². The number of likely N-dealkylation sites (tertiary alicyclic amines) is 1. The zero-order valence-electron chi connectivity index (χ0n) is 15.1. The number of methoxy groups -OCH3 is 1. The number of hydrogen-bond donors (Lipinski definition) is 0. The highest BCUT2D eigenvalue weighted by atomic mass is 32.2. The van der Waals surface area contributed by atoms with E-state index in [1.54, 1.807) is 0 Å². The topological polar surface area (TPSA) is 61.2 Å². The summed E-state index contributed by atoms with van der Waals surface area (Å²) in [6.45, 7) is 4.44. The Balaban J connectivity index is 1.85. The number of carbonyl (C=O) groups is 2. The van der Waals surface area contributed by atoms with Crippen LogP contribution in [0.1, 0.15) is 26.7 Å². The second-order valence-electron chi connectivity index (χ2n) is 7.04. The number of quaternary nitrogens is 1. The van der Waals surface area contributed by atoms with E-state index in [4.69, 9.17) is 4.74 Å². The number of ether oxygens (including phenoxy) is 1. The molecule has 0 N–H and O–H groups in total. The van der Waals surface area contributed by atoms with Crippen molar-refractivity contribution in [3.63, 3.8) is 0 Å². The highest BCUT2D eigenvalue weighted by Gasteiger charge is 2.60. The Morgan fingerprint density at radius 1 is 1.36 bits per heavy atom. The van der Waals surface area contributed by atoms with Crippen molar-refractivity contribution in [1.82, 2.24) is 9.55 Å². The fourth-order valence-electron chi connectivity index (χ4n) is 3.79. The molecule has 6 nitrogen and oxygen atoms in total. The van der Waals surface area contributed by atoms with Crippen LogP contribution in [-0.4, -0.2) is 51.0 Å². The number of fused-ring (bicyclic) bond motifs is 1. The van der Waals surface area contributed by atoms with Gasteiger partial charge in [-0.05, 0) is 26.0 Å². The molecule has 0 spiro atoms. The van der Waals surface area contributed by atoms with Gasteiger partial charge in [0.25, 0.3) is 0 Å². The van der Waals surface area contributed by atoms with Crippen molar-refractivity contribution in [2.24, 2.45) is 7.05 Å². The fraction of sp³-hybridized carbons (Fsp3) is 0.500. The number of hydrogen-bond acceptors (Lipinski definition) is 5. The van der Waals surface area contributed by atoms with Crippen molar-refractivity contribution < 1.29 is 18.8 Å². The first-order chi connectivity index (χ1) is 11.8. The third kappa shape index (κ3) is 2.75. The highest BCUT2D eigenvalue weighted by Crippen LogP contribution is 2.39. The molecule has 3 rings (SSSR count). The molecular formula is C18H24N3O3S+. The van der Waals surface area contributed by atoms with E-state index < -0.39 is 11.6 Å². The van der Waals surface area contributed by atoms with Gasteiger partial charge in [-0.3, -0.25) is 0 Å². The first kappa shape index (κ1) is 17.9. The van der Waals surface area contributed by atoms with E-state index in [2.05, 4.69) is 4.98 Å². The fourth-order valence-corrected chi connectivity index (χ4v) is 4.72. The van der Waals surface area contributed by atoms with Crippen molar-refractivity contribution in [3.05, 3.63) is 24.3 Å². The van der Waals surface area contributed by atoms with E-state index in [-0.39, 0.29) is 16.1 Å². The molecule has 2 amide bonds. The first-order valence-corrected chi connectivity index (χ1v) is 9.36. The zero-order valence-corrected chi connectivity index (χ0v) is 15.9. The molecule has 0 radical (unpaired) electrons. The summed E-state index contributed by atoms with van der Waals surface area (Å²) in [6.07, 6.45) is 1.20. The van der Waals surface area contributed by atoms with Gasteiger partial charge in [0.1, 0.15) is 11.3 Å². The minimum Gasteiger partial charge on any atom is -0.423 e. The number of benzene rings is 1. The largest absolute Gasteiger partial charge is 0.523 e. The molecule has 1 aliphatic rings. The predicted octanol–water partition coefficient (Wildman–Crippen LogP) is 3.35. The maximum atomic E-state index is 13.1. The van der Waals surface area contributed by atoms with Gasteiger partial charge in [-0.15, -0.1) is 0 Å². The van der Waals surface area contributed by atoms with Gasteiger partial charge >= 0.3 is 12.0 Å². The molecule has 25 heavy (non-hydrogen) atoms. The van der Waals surface area contributed by atoms with Crippen molar-refractivity contribution in [3.8, 4) is 0 Å². The molecule has 7 heteroatoms. The molecule has 0 bridgehead atoms. The number of aromatic nitrogens is 2. The zero-order chi connectivity index (χ0) is 18.2. The van der Waals surface area contributed by atoms with Crippen molar-refractivity contribution >= 4 is 34.8 Å². The number of aryl methyl sites for hydroxylation is 1. The summed E-state index contributed by atoms with van der Waals surface area (Å²) in [5.41, 5.74) is 1.48. The summed E-state index contributed by atoms with van der Waals surface area (Å²) in [7, 11) is 3.29. The van der Waals surface area contributed by atoms with Gasteiger partial charge in [-0.25, -0.2) is 9.78 Å². The van der Waals surface area contributed by atoms with Gasteiger partial charge in [0.05, 0.1) is 24.7 Å². The Morgan fingerprint density at radius 2 is 2.08 bits per heavy atom. The number of imidazole rings is 1. The Bertz CT molecular complexity index is 830. The quantitative estimate of drug-likeness (QED) is 0.619. The molecular weight excluding hydrogens is 338 g/mol. The smallest absolute Gasteiger partial charge is 0.423 e. The Morgan fingerprint density at radius 3 is 2.68 bits per heavy atom. The summed E-state index contributed by atoms with van der Waals surface area (Å²) in [4.78, 5) is 30.2. The number of imide groups is 1. The van der Waals surface area contributed by atoms with Crippen LogP contribution >= 0.6 is 11.8 Å².